The Kier molecular flexibility index (Phi) is 3.29. The minimum absolute atomic E-state index is 0.276. The van der Waals surface area contributed by atoms with E-state index in [2.05, 4.69) is 27.0 Å². The molecule has 1 unspecified atom stereocenters. The average molecular weight is 257 g/mol. The van der Waals surface area contributed by atoms with Gasteiger partial charge >= 0.3 is 0 Å². The predicted octanol–water partition coefficient (Wildman–Crippen LogP) is 1.59. The largest absolute Gasteiger partial charge is 0.339 e. The Morgan fingerprint density at radius 2 is 1.84 bits per heavy atom. The van der Waals surface area contributed by atoms with Gasteiger partial charge < -0.3 is 10.6 Å². The molecule has 0 aliphatic carbocycles. The number of hydrogen-bond donors (Lipinski definition) is 1. The fourth-order valence-corrected chi connectivity index (χ4v) is 2.63. The molecule has 0 saturated carbocycles. The van der Waals surface area contributed by atoms with E-state index in [4.69, 9.17) is 5.73 Å². The Morgan fingerprint density at radius 1 is 1.16 bits per heavy atom. The summed E-state index contributed by atoms with van der Waals surface area (Å²) in [5, 5.41) is 8.47. The van der Waals surface area contributed by atoms with Gasteiger partial charge in [0, 0.05) is 19.1 Å². The average Bonchev–Trinajstić information content (AvgIpc) is 2.47. The van der Waals surface area contributed by atoms with Crippen LogP contribution in [0.15, 0.2) is 24.3 Å². The molecule has 0 spiro atoms. The van der Waals surface area contributed by atoms with Crippen LogP contribution in [0.1, 0.15) is 19.8 Å². The normalized spacial score (nSPS) is 18.7. The van der Waals surface area contributed by atoms with Crippen LogP contribution in [0.25, 0.3) is 11.0 Å². The van der Waals surface area contributed by atoms with Crippen LogP contribution in [0.2, 0.25) is 0 Å². The molecular weight excluding hydrogens is 238 g/mol. The lowest BCUT2D eigenvalue weighted by Gasteiger charge is -2.33. The molecule has 5 nitrogen and oxygen atoms in total. The molecule has 3 rings (SSSR count). The molecule has 0 bridgehead atoms. The maximum Gasteiger partial charge on any atom is 0.245 e. The zero-order valence-corrected chi connectivity index (χ0v) is 11.2. The number of fused-ring (bicyclic) bond motifs is 1. The van der Waals surface area contributed by atoms with Crippen LogP contribution in [-0.4, -0.2) is 34.3 Å². The van der Waals surface area contributed by atoms with Crippen molar-refractivity contribution >= 4 is 17.0 Å². The summed E-state index contributed by atoms with van der Waals surface area (Å²) < 4.78 is 0. The molecule has 100 valence electrons. The van der Waals surface area contributed by atoms with Crippen LogP contribution in [-0.2, 0) is 0 Å². The number of piperidine rings is 1. The van der Waals surface area contributed by atoms with E-state index in [-0.39, 0.29) is 6.04 Å². The van der Waals surface area contributed by atoms with E-state index in [1.807, 2.05) is 24.3 Å². The van der Waals surface area contributed by atoms with Crippen molar-refractivity contribution in [2.45, 2.75) is 25.8 Å². The minimum Gasteiger partial charge on any atom is -0.339 e. The molecular formula is C14H19N5. The molecule has 0 amide bonds. The molecule has 1 atom stereocenters. The monoisotopic (exact) mass is 257 g/mol. The van der Waals surface area contributed by atoms with Gasteiger partial charge in [-0.3, -0.25) is 0 Å². The van der Waals surface area contributed by atoms with Gasteiger partial charge in [-0.1, -0.05) is 12.1 Å². The molecule has 1 aromatic carbocycles. The lowest BCUT2D eigenvalue weighted by molar-refractivity contribution is 0.352. The zero-order valence-electron chi connectivity index (χ0n) is 11.2. The van der Waals surface area contributed by atoms with Gasteiger partial charge in [0.05, 0.1) is 5.52 Å². The van der Waals surface area contributed by atoms with E-state index in [1.165, 1.54) is 0 Å². The summed E-state index contributed by atoms with van der Waals surface area (Å²) in [4.78, 5) is 6.80. The lowest BCUT2D eigenvalue weighted by atomic mass is 9.91. The summed E-state index contributed by atoms with van der Waals surface area (Å²) in [6.45, 7) is 4.02. The first-order chi connectivity index (χ1) is 9.24. The van der Waals surface area contributed by atoms with E-state index in [1.54, 1.807) is 0 Å². The van der Waals surface area contributed by atoms with Crippen LogP contribution < -0.4 is 10.6 Å². The van der Waals surface area contributed by atoms with E-state index in [0.717, 1.165) is 42.9 Å². The number of anilines is 1. The van der Waals surface area contributed by atoms with Gasteiger partial charge in [0.25, 0.3) is 0 Å². The molecule has 0 radical (unpaired) electrons. The molecule has 1 fully saturated rings. The third kappa shape index (κ3) is 2.51. The lowest BCUT2D eigenvalue weighted by Crippen LogP contribution is -2.40. The van der Waals surface area contributed by atoms with Gasteiger partial charge in [0.1, 0.15) is 5.52 Å². The van der Waals surface area contributed by atoms with Gasteiger partial charge in [0.15, 0.2) is 0 Å². The summed E-state index contributed by atoms with van der Waals surface area (Å²) >= 11 is 0. The quantitative estimate of drug-likeness (QED) is 0.884. The SMILES string of the molecule is CC(N)C1CCN(c2nnc3ccccc3n2)CC1. The van der Waals surface area contributed by atoms with Crippen molar-refractivity contribution in [2.75, 3.05) is 18.0 Å². The molecule has 19 heavy (non-hydrogen) atoms. The van der Waals surface area contributed by atoms with E-state index in [0.29, 0.717) is 5.92 Å². The molecule has 1 aromatic heterocycles. The van der Waals surface area contributed by atoms with Crippen molar-refractivity contribution in [1.82, 2.24) is 15.2 Å². The van der Waals surface area contributed by atoms with Gasteiger partial charge in [-0.2, -0.15) is 0 Å². The van der Waals surface area contributed by atoms with Crippen LogP contribution in [0.4, 0.5) is 5.95 Å². The summed E-state index contributed by atoms with van der Waals surface area (Å²) in [5.41, 5.74) is 7.71. The number of nitrogens with zero attached hydrogens (tertiary/aromatic N) is 4. The van der Waals surface area contributed by atoms with Gasteiger partial charge in [-0.05, 0) is 37.8 Å². The summed E-state index contributed by atoms with van der Waals surface area (Å²) in [6.07, 6.45) is 2.21. The zero-order chi connectivity index (χ0) is 13.2. The van der Waals surface area contributed by atoms with Crippen molar-refractivity contribution in [3.05, 3.63) is 24.3 Å². The Labute approximate surface area is 112 Å². The van der Waals surface area contributed by atoms with Gasteiger partial charge in [-0.15, -0.1) is 10.2 Å². The topological polar surface area (TPSA) is 67.9 Å². The van der Waals surface area contributed by atoms with Gasteiger partial charge in [-0.25, -0.2) is 4.98 Å². The highest BCUT2D eigenvalue weighted by Gasteiger charge is 2.23. The first kappa shape index (κ1) is 12.3. The number of hydrogen-bond acceptors (Lipinski definition) is 5. The highest BCUT2D eigenvalue weighted by molar-refractivity contribution is 5.74. The first-order valence-corrected chi connectivity index (χ1v) is 6.84. The summed E-state index contributed by atoms with van der Waals surface area (Å²) in [6, 6.07) is 8.11. The van der Waals surface area contributed by atoms with E-state index in [9.17, 15) is 0 Å². The number of rotatable bonds is 2. The summed E-state index contributed by atoms with van der Waals surface area (Å²) in [7, 11) is 0. The predicted molar refractivity (Wildman–Crippen MR) is 75.9 cm³/mol. The third-order valence-corrected chi connectivity index (χ3v) is 3.92. The Hall–Kier alpha value is -1.75. The third-order valence-electron chi connectivity index (χ3n) is 3.92. The van der Waals surface area contributed by atoms with Crippen molar-refractivity contribution in [3.63, 3.8) is 0 Å². The van der Waals surface area contributed by atoms with Crippen LogP contribution in [0.3, 0.4) is 0 Å². The standard InChI is InChI=1S/C14H19N5/c1-10(15)11-6-8-19(9-7-11)14-16-12-4-2-3-5-13(12)17-18-14/h2-5,10-11H,6-9,15H2,1H3. The number of benzene rings is 1. The van der Waals surface area contributed by atoms with Crippen molar-refractivity contribution < 1.29 is 0 Å². The highest BCUT2D eigenvalue weighted by atomic mass is 15.3. The summed E-state index contributed by atoms with van der Waals surface area (Å²) in [5.74, 6) is 1.35. The number of nitrogens with two attached hydrogens (primary N) is 1. The minimum atomic E-state index is 0.276. The fraction of sp³-hybridized carbons (Fsp3) is 0.500. The molecule has 1 aliphatic heterocycles. The van der Waals surface area contributed by atoms with Crippen LogP contribution >= 0.6 is 0 Å². The Morgan fingerprint density at radius 3 is 2.53 bits per heavy atom. The number of aromatic nitrogens is 3. The highest BCUT2D eigenvalue weighted by Crippen LogP contribution is 2.22. The van der Waals surface area contributed by atoms with Crippen LogP contribution in [0.5, 0.6) is 0 Å². The first-order valence-electron chi connectivity index (χ1n) is 6.84. The van der Waals surface area contributed by atoms with Crippen LogP contribution in [0, 0.1) is 5.92 Å². The Bertz CT molecular complexity index is 561. The smallest absolute Gasteiger partial charge is 0.245 e. The number of para-hydroxylation sites is 1. The molecule has 2 N–H and O–H groups in total. The second-order valence-corrected chi connectivity index (χ2v) is 5.28. The molecule has 1 saturated heterocycles. The molecule has 1 aliphatic rings. The molecule has 2 aromatic rings. The van der Waals surface area contributed by atoms with Crippen molar-refractivity contribution in [3.8, 4) is 0 Å². The maximum absolute atomic E-state index is 5.96. The van der Waals surface area contributed by atoms with E-state index >= 15 is 0 Å². The van der Waals surface area contributed by atoms with Crippen molar-refractivity contribution in [1.29, 1.82) is 0 Å². The van der Waals surface area contributed by atoms with Crippen molar-refractivity contribution in [2.24, 2.45) is 11.7 Å². The maximum atomic E-state index is 5.96. The van der Waals surface area contributed by atoms with Gasteiger partial charge in [0.2, 0.25) is 5.95 Å². The second kappa shape index (κ2) is 5.09. The second-order valence-electron chi connectivity index (χ2n) is 5.28. The van der Waals surface area contributed by atoms with E-state index < -0.39 is 0 Å². The fourth-order valence-electron chi connectivity index (χ4n) is 2.63. The Balaban J connectivity index is 1.78. The molecule has 2 heterocycles. The molecule has 5 heteroatoms.